The molecular formula is C15H27N5. The summed E-state index contributed by atoms with van der Waals surface area (Å²) in [4.78, 5) is 14.2. The van der Waals surface area contributed by atoms with Crippen molar-refractivity contribution in [3.05, 3.63) is 23.3 Å². The Bertz CT molecular complexity index is 434. The molecule has 1 aromatic rings. The molecule has 1 aromatic heterocycles. The minimum absolute atomic E-state index is 0.294. The summed E-state index contributed by atoms with van der Waals surface area (Å²) in [6, 6.07) is 2.37. The molecule has 0 amide bonds. The lowest BCUT2D eigenvalue weighted by atomic mass is 10.2. The second-order valence-electron chi connectivity index (χ2n) is 5.75. The van der Waals surface area contributed by atoms with Gasteiger partial charge in [-0.15, -0.1) is 0 Å². The smallest absolute Gasteiger partial charge is 0.147 e. The molecule has 1 atom stereocenters. The number of likely N-dealkylation sites (N-methyl/N-ethyl adjacent to an activating group) is 2. The third kappa shape index (κ3) is 3.98. The zero-order valence-electron chi connectivity index (χ0n) is 13.2. The van der Waals surface area contributed by atoms with Crippen LogP contribution in [0.1, 0.15) is 36.6 Å². The summed E-state index contributed by atoms with van der Waals surface area (Å²) in [5.74, 6) is 0.967. The van der Waals surface area contributed by atoms with Crippen molar-refractivity contribution in [2.75, 3.05) is 40.3 Å². The van der Waals surface area contributed by atoms with Crippen LogP contribution in [0.4, 0.5) is 0 Å². The molecule has 0 aromatic carbocycles. The molecule has 1 N–H and O–H groups in total. The van der Waals surface area contributed by atoms with Crippen molar-refractivity contribution < 1.29 is 0 Å². The van der Waals surface area contributed by atoms with Crippen LogP contribution in [0.3, 0.4) is 0 Å². The lowest BCUT2D eigenvalue weighted by molar-refractivity contribution is 0.219. The second kappa shape index (κ2) is 7.11. The van der Waals surface area contributed by atoms with Gasteiger partial charge in [0.2, 0.25) is 0 Å². The molecule has 0 saturated carbocycles. The van der Waals surface area contributed by atoms with Gasteiger partial charge in [-0.3, -0.25) is 4.90 Å². The molecule has 112 valence electrons. The van der Waals surface area contributed by atoms with Crippen molar-refractivity contribution in [3.8, 4) is 0 Å². The summed E-state index contributed by atoms with van der Waals surface area (Å²) >= 11 is 0. The maximum atomic E-state index is 4.78. The average Bonchev–Trinajstić information content (AvgIpc) is 2.57. The number of hydrogen-bond donors (Lipinski definition) is 1. The van der Waals surface area contributed by atoms with Crippen molar-refractivity contribution in [3.63, 3.8) is 0 Å². The molecule has 1 unspecified atom stereocenters. The number of aryl methyl sites for hydroxylation is 1. The largest absolute Gasteiger partial charge is 0.311 e. The first-order valence-corrected chi connectivity index (χ1v) is 7.54. The molecule has 5 nitrogen and oxygen atoms in total. The predicted molar refractivity (Wildman–Crippen MR) is 81.6 cm³/mol. The fourth-order valence-electron chi connectivity index (χ4n) is 2.70. The molecule has 1 aliphatic rings. The van der Waals surface area contributed by atoms with Crippen LogP contribution in [0.5, 0.6) is 0 Å². The second-order valence-corrected chi connectivity index (χ2v) is 5.75. The lowest BCUT2D eigenvalue weighted by Crippen LogP contribution is -2.32. The maximum Gasteiger partial charge on any atom is 0.147 e. The van der Waals surface area contributed by atoms with Gasteiger partial charge in [-0.2, -0.15) is 0 Å². The van der Waals surface area contributed by atoms with Gasteiger partial charge in [0.15, 0.2) is 0 Å². The summed E-state index contributed by atoms with van der Waals surface area (Å²) < 4.78 is 0. The third-order valence-electron chi connectivity index (χ3n) is 3.85. The Hall–Kier alpha value is -1.04. The van der Waals surface area contributed by atoms with E-state index >= 15 is 0 Å². The normalized spacial score (nSPS) is 21.9. The third-order valence-corrected chi connectivity index (χ3v) is 3.85. The summed E-state index contributed by atoms with van der Waals surface area (Å²) in [6.07, 6.45) is 1.21. The molecule has 1 aliphatic heterocycles. The first kappa shape index (κ1) is 15.4. The highest BCUT2D eigenvalue weighted by molar-refractivity contribution is 5.12. The Morgan fingerprint density at radius 2 is 2.10 bits per heavy atom. The van der Waals surface area contributed by atoms with Crippen molar-refractivity contribution >= 4 is 0 Å². The Morgan fingerprint density at radius 3 is 2.85 bits per heavy atom. The molecule has 1 fully saturated rings. The summed E-state index contributed by atoms with van der Waals surface area (Å²) in [6.45, 7) is 9.21. The summed E-state index contributed by atoms with van der Waals surface area (Å²) in [5, 5.41) is 3.34. The fourth-order valence-corrected chi connectivity index (χ4v) is 2.70. The van der Waals surface area contributed by atoms with Crippen molar-refractivity contribution in [2.45, 2.75) is 32.9 Å². The number of nitrogens with zero attached hydrogens (tertiary/aromatic N) is 4. The molecule has 5 heteroatoms. The maximum absolute atomic E-state index is 4.78. The van der Waals surface area contributed by atoms with Crippen LogP contribution in [0.15, 0.2) is 6.07 Å². The summed E-state index contributed by atoms with van der Waals surface area (Å²) in [7, 11) is 4.36. The van der Waals surface area contributed by atoms with Gasteiger partial charge in [0.05, 0.1) is 11.7 Å². The van der Waals surface area contributed by atoms with Gasteiger partial charge in [0.25, 0.3) is 0 Å². The van der Waals surface area contributed by atoms with Crippen LogP contribution in [0.2, 0.25) is 0 Å². The number of rotatable bonds is 4. The molecule has 1 saturated heterocycles. The SMILES string of the molecule is CCNCc1cc(C)nc(C2CN(C)CCCN2C)n1. The highest BCUT2D eigenvalue weighted by atomic mass is 15.2. The Morgan fingerprint density at radius 1 is 1.30 bits per heavy atom. The number of nitrogens with one attached hydrogen (secondary N) is 1. The van der Waals surface area contributed by atoms with E-state index in [4.69, 9.17) is 4.98 Å². The number of hydrogen-bond acceptors (Lipinski definition) is 5. The molecule has 0 spiro atoms. The van der Waals surface area contributed by atoms with E-state index in [2.05, 4.69) is 54.1 Å². The molecule has 0 aliphatic carbocycles. The van der Waals surface area contributed by atoms with Crippen LogP contribution < -0.4 is 5.32 Å². The van der Waals surface area contributed by atoms with E-state index < -0.39 is 0 Å². The Balaban J connectivity index is 2.22. The Labute approximate surface area is 122 Å². The standard InChI is InChI=1S/C15H27N5/c1-5-16-10-13-9-12(2)17-15(18-13)14-11-19(3)7-6-8-20(14)4/h9,14,16H,5-8,10-11H2,1-4H3. The van der Waals surface area contributed by atoms with Crippen LogP contribution in [0, 0.1) is 6.92 Å². The van der Waals surface area contributed by atoms with E-state index in [0.717, 1.165) is 49.9 Å². The highest BCUT2D eigenvalue weighted by Crippen LogP contribution is 2.20. The van der Waals surface area contributed by atoms with E-state index in [1.807, 2.05) is 0 Å². The minimum Gasteiger partial charge on any atom is -0.311 e. The van der Waals surface area contributed by atoms with E-state index in [1.165, 1.54) is 6.42 Å². The monoisotopic (exact) mass is 277 g/mol. The molecular weight excluding hydrogens is 250 g/mol. The van der Waals surface area contributed by atoms with Crippen molar-refractivity contribution in [2.24, 2.45) is 0 Å². The van der Waals surface area contributed by atoms with Gasteiger partial charge in [-0.25, -0.2) is 9.97 Å². The van der Waals surface area contributed by atoms with Gasteiger partial charge >= 0.3 is 0 Å². The van der Waals surface area contributed by atoms with E-state index in [0.29, 0.717) is 6.04 Å². The predicted octanol–water partition coefficient (Wildman–Crippen LogP) is 1.20. The van der Waals surface area contributed by atoms with Gasteiger partial charge in [-0.1, -0.05) is 6.92 Å². The van der Waals surface area contributed by atoms with Crippen LogP contribution >= 0.6 is 0 Å². The topological polar surface area (TPSA) is 44.3 Å². The van der Waals surface area contributed by atoms with Crippen molar-refractivity contribution in [1.29, 1.82) is 0 Å². The zero-order chi connectivity index (χ0) is 14.5. The molecule has 0 bridgehead atoms. The fraction of sp³-hybridized carbons (Fsp3) is 0.733. The summed E-state index contributed by atoms with van der Waals surface area (Å²) in [5.41, 5.74) is 2.15. The van der Waals surface area contributed by atoms with E-state index in [1.54, 1.807) is 0 Å². The molecule has 0 radical (unpaired) electrons. The average molecular weight is 277 g/mol. The van der Waals surface area contributed by atoms with Crippen LogP contribution in [-0.2, 0) is 6.54 Å². The quantitative estimate of drug-likeness (QED) is 0.896. The lowest BCUT2D eigenvalue weighted by Gasteiger charge is -2.26. The van der Waals surface area contributed by atoms with Gasteiger partial charge in [0.1, 0.15) is 5.82 Å². The molecule has 20 heavy (non-hydrogen) atoms. The highest BCUT2D eigenvalue weighted by Gasteiger charge is 2.24. The molecule has 2 heterocycles. The van der Waals surface area contributed by atoms with Gasteiger partial charge < -0.3 is 10.2 Å². The van der Waals surface area contributed by atoms with Crippen molar-refractivity contribution in [1.82, 2.24) is 25.1 Å². The molecule has 2 rings (SSSR count). The minimum atomic E-state index is 0.294. The zero-order valence-corrected chi connectivity index (χ0v) is 13.2. The number of aromatic nitrogens is 2. The van der Waals surface area contributed by atoms with Crippen LogP contribution in [-0.4, -0.2) is 60.0 Å². The van der Waals surface area contributed by atoms with Gasteiger partial charge in [-0.05, 0) is 53.1 Å². The first-order valence-electron chi connectivity index (χ1n) is 7.54. The van der Waals surface area contributed by atoms with Gasteiger partial charge in [0, 0.05) is 18.8 Å². The van der Waals surface area contributed by atoms with E-state index in [-0.39, 0.29) is 0 Å². The van der Waals surface area contributed by atoms with Crippen LogP contribution in [0.25, 0.3) is 0 Å². The Kier molecular flexibility index (Phi) is 5.46. The van der Waals surface area contributed by atoms with E-state index in [9.17, 15) is 0 Å². The first-order chi connectivity index (χ1) is 9.60.